The summed E-state index contributed by atoms with van der Waals surface area (Å²) >= 11 is 1.44. The first-order valence-corrected chi connectivity index (χ1v) is 10.9. The molecule has 3 rings (SSSR count). The Morgan fingerprint density at radius 2 is 1.72 bits per heavy atom. The van der Waals surface area contributed by atoms with Crippen molar-refractivity contribution in [2.24, 2.45) is 5.92 Å². The van der Waals surface area contributed by atoms with Gasteiger partial charge in [0.25, 0.3) is 0 Å². The van der Waals surface area contributed by atoms with Crippen molar-refractivity contribution in [3.8, 4) is 5.75 Å². The van der Waals surface area contributed by atoms with Gasteiger partial charge in [-0.2, -0.15) is 0 Å². The van der Waals surface area contributed by atoms with E-state index in [1.54, 1.807) is 18.2 Å². The third-order valence-electron chi connectivity index (χ3n) is 4.89. The Bertz CT molecular complexity index is 1030. The zero-order valence-electron chi connectivity index (χ0n) is 17.1. The number of alkyl halides is 3. The van der Waals surface area contributed by atoms with Crippen molar-refractivity contribution < 1.29 is 31.9 Å². The van der Waals surface area contributed by atoms with Crippen LogP contribution >= 0.6 is 11.8 Å². The lowest BCUT2D eigenvalue weighted by atomic mass is 9.81. The number of carbonyl (C=O) groups is 2. The summed E-state index contributed by atoms with van der Waals surface area (Å²) < 4.78 is 55.4. The van der Waals surface area contributed by atoms with Crippen molar-refractivity contribution in [1.82, 2.24) is 0 Å². The molecule has 8 heteroatoms. The summed E-state index contributed by atoms with van der Waals surface area (Å²) in [7, 11) is 0. The van der Waals surface area contributed by atoms with E-state index in [9.17, 15) is 27.2 Å². The summed E-state index contributed by atoms with van der Waals surface area (Å²) in [4.78, 5) is 25.8. The zero-order valence-corrected chi connectivity index (χ0v) is 17.9. The summed E-state index contributed by atoms with van der Waals surface area (Å²) in [6, 6.07) is 13.4. The molecule has 0 saturated heterocycles. The van der Waals surface area contributed by atoms with Crippen molar-refractivity contribution in [3.05, 3.63) is 89.3 Å². The third kappa shape index (κ3) is 5.88. The van der Waals surface area contributed by atoms with Crippen molar-refractivity contribution >= 4 is 23.3 Å². The van der Waals surface area contributed by atoms with Gasteiger partial charge in [-0.25, -0.2) is 4.39 Å². The lowest BCUT2D eigenvalue weighted by Gasteiger charge is -2.28. The Kier molecular flexibility index (Phi) is 7.56. The molecule has 1 aliphatic carbocycles. The van der Waals surface area contributed by atoms with Crippen LogP contribution in [-0.2, 0) is 4.79 Å². The Labute approximate surface area is 187 Å². The SMILES string of the molecule is CCSC(C1=CC=C(F)CC1C(=O)C(=O)c1ccccc1)c1ccc(OC(F)(F)F)cc1. The summed E-state index contributed by atoms with van der Waals surface area (Å²) in [5.41, 5.74) is 1.38. The molecule has 0 saturated carbocycles. The van der Waals surface area contributed by atoms with Gasteiger partial charge >= 0.3 is 6.36 Å². The Balaban J connectivity index is 1.92. The predicted octanol–water partition coefficient (Wildman–Crippen LogP) is 6.63. The average molecular weight is 464 g/mol. The Hall–Kier alpha value is -2.87. The summed E-state index contributed by atoms with van der Waals surface area (Å²) in [5.74, 6) is -2.67. The molecule has 2 unspecified atom stereocenters. The molecule has 0 bridgehead atoms. The fourth-order valence-electron chi connectivity index (χ4n) is 3.48. The molecule has 0 aromatic heterocycles. The molecular weight excluding hydrogens is 444 g/mol. The van der Waals surface area contributed by atoms with Gasteiger partial charge < -0.3 is 4.74 Å². The second-order valence-corrected chi connectivity index (χ2v) is 8.43. The quantitative estimate of drug-likeness (QED) is 0.250. The molecule has 0 amide bonds. The van der Waals surface area contributed by atoms with Crippen molar-refractivity contribution in [3.63, 3.8) is 0 Å². The van der Waals surface area contributed by atoms with Gasteiger partial charge in [-0.1, -0.05) is 55.5 Å². The van der Waals surface area contributed by atoms with Gasteiger partial charge in [-0.3, -0.25) is 9.59 Å². The first kappa shape index (κ1) is 23.8. The summed E-state index contributed by atoms with van der Waals surface area (Å²) in [6.45, 7) is 1.89. The van der Waals surface area contributed by atoms with Crippen LogP contribution in [0.1, 0.15) is 34.5 Å². The van der Waals surface area contributed by atoms with E-state index in [0.29, 0.717) is 16.9 Å². The van der Waals surface area contributed by atoms with Gasteiger partial charge in [0.2, 0.25) is 11.6 Å². The van der Waals surface area contributed by atoms with Crippen LogP contribution in [0.25, 0.3) is 0 Å². The van der Waals surface area contributed by atoms with Crippen LogP contribution in [0.5, 0.6) is 5.75 Å². The van der Waals surface area contributed by atoms with E-state index in [1.807, 2.05) is 6.92 Å². The molecule has 0 fully saturated rings. The van der Waals surface area contributed by atoms with Crippen molar-refractivity contribution in [1.29, 1.82) is 0 Å². The lowest BCUT2D eigenvalue weighted by Crippen LogP contribution is -2.28. The molecule has 0 spiro atoms. The summed E-state index contributed by atoms with van der Waals surface area (Å²) in [6.07, 6.45) is -2.29. The van der Waals surface area contributed by atoms with Gasteiger partial charge in [-0.05, 0) is 35.1 Å². The molecule has 0 aliphatic heterocycles. The number of allylic oxidation sites excluding steroid dienone is 3. The maximum Gasteiger partial charge on any atom is 0.573 e. The minimum Gasteiger partial charge on any atom is -0.406 e. The highest BCUT2D eigenvalue weighted by atomic mass is 32.2. The number of hydrogen-bond acceptors (Lipinski definition) is 4. The van der Waals surface area contributed by atoms with Crippen molar-refractivity contribution in [2.45, 2.75) is 25.0 Å². The minimum absolute atomic E-state index is 0.222. The largest absolute Gasteiger partial charge is 0.573 e. The number of ketones is 2. The average Bonchev–Trinajstić information content (AvgIpc) is 2.77. The molecule has 0 radical (unpaired) electrons. The minimum atomic E-state index is -4.80. The van der Waals surface area contributed by atoms with Crippen LogP contribution < -0.4 is 4.74 Å². The van der Waals surface area contributed by atoms with Gasteiger partial charge in [0.05, 0.1) is 11.2 Å². The standard InChI is InChI=1S/C24H20F4O3S/c1-2-32-23(16-8-11-18(12-9-16)31-24(26,27)28)19-13-10-17(25)14-20(19)22(30)21(29)15-6-4-3-5-7-15/h3-13,20,23H,2,14H2,1H3. The van der Waals surface area contributed by atoms with Gasteiger partial charge in [0, 0.05) is 12.0 Å². The molecule has 2 atom stereocenters. The fourth-order valence-corrected chi connectivity index (χ4v) is 4.60. The predicted molar refractivity (Wildman–Crippen MR) is 115 cm³/mol. The van der Waals surface area contributed by atoms with E-state index in [0.717, 1.165) is 0 Å². The molecule has 1 aliphatic rings. The molecule has 3 nitrogen and oxygen atoms in total. The Morgan fingerprint density at radius 3 is 2.31 bits per heavy atom. The first-order chi connectivity index (χ1) is 15.2. The molecule has 2 aromatic rings. The van der Waals surface area contributed by atoms with E-state index in [2.05, 4.69) is 4.74 Å². The highest BCUT2D eigenvalue weighted by Gasteiger charge is 2.36. The highest BCUT2D eigenvalue weighted by Crippen LogP contribution is 2.44. The van der Waals surface area contributed by atoms with E-state index in [1.165, 1.54) is 60.3 Å². The van der Waals surface area contributed by atoms with E-state index >= 15 is 0 Å². The molecular formula is C24H20F4O3S. The monoisotopic (exact) mass is 464 g/mol. The number of thioether (sulfide) groups is 1. The van der Waals surface area contributed by atoms with Crippen LogP contribution in [0.2, 0.25) is 0 Å². The van der Waals surface area contributed by atoms with Crippen LogP contribution in [0, 0.1) is 5.92 Å². The molecule has 0 heterocycles. The number of Topliss-reactive ketones (excluding diaryl/α,β-unsaturated/α-hetero) is 2. The number of ether oxygens (including phenoxy) is 1. The first-order valence-electron chi connectivity index (χ1n) is 9.86. The normalized spacial score (nSPS) is 17.2. The van der Waals surface area contributed by atoms with Crippen LogP contribution in [-0.4, -0.2) is 23.7 Å². The molecule has 168 valence electrons. The van der Waals surface area contributed by atoms with Crippen LogP contribution in [0.4, 0.5) is 17.6 Å². The number of carbonyl (C=O) groups excluding carboxylic acids is 2. The van der Waals surface area contributed by atoms with Gasteiger partial charge in [0.1, 0.15) is 11.6 Å². The molecule has 2 aromatic carbocycles. The van der Waals surface area contributed by atoms with Gasteiger partial charge in [0.15, 0.2) is 0 Å². The third-order valence-corrected chi connectivity index (χ3v) is 6.10. The van der Waals surface area contributed by atoms with Gasteiger partial charge in [-0.15, -0.1) is 24.9 Å². The smallest absolute Gasteiger partial charge is 0.406 e. The van der Waals surface area contributed by atoms with Crippen LogP contribution in [0.3, 0.4) is 0 Å². The van der Waals surface area contributed by atoms with E-state index in [4.69, 9.17) is 0 Å². The fraction of sp³-hybridized carbons (Fsp3) is 0.250. The zero-order chi connectivity index (χ0) is 23.3. The maximum atomic E-state index is 14.1. The molecule has 32 heavy (non-hydrogen) atoms. The molecule has 0 N–H and O–H groups in total. The summed E-state index contributed by atoms with van der Waals surface area (Å²) in [5, 5.41) is -0.443. The number of benzene rings is 2. The number of hydrogen-bond donors (Lipinski definition) is 0. The van der Waals surface area contributed by atoms with Crippen LogP contribution in [0.15, 0.2) is 78.1 Å². The second-order valence-electron chi connectivity index (χ2n) is 7.05. The topological polar surface area (TPSA) is 43.4 Å². The highest BCUT2D eigenvalue weighted by molar-refractivity contribution is 7.99. The Morgan fingerprint density at radius 1 is 1.06 bits per heavy atom. The van der Waals surface area contributed by atoms with Crippen molar-refractivity contribution in [2.75, 3.05) is 5.75 Å². The second kappa shape index (κ2) is 10.2. The van der Waals surface area contributed by atoms with E-state index in [-0.39, 0.29) is 17.7 Å². The van der Waals surface area contributed by atoms with E-state index < -0.39 is 34.9 Å². The maximum absolute atomic E-state index is 14.1. The lowest BCUT2D eigenvalue weighted by molar-refractivity contribution is -0.274. The number of rotatable bonds is 8. The number of halogens is 4.